The minimum Gasteiger partial charge on any atom is -0.428 e. The van der Waals surface area contributed by atoms with Crippen LogP contribution in [-0.2, 0) is 10.9 Å². The number of para-hydroxylation sites is 2. The first-order chi connectivity index (χ1) is 12.7. The summed E-state index contributed by atoms with van der Waals surface area (Å²) in [7, 11) is 0. The Balaban J connectivity index is 1.90. The quantitative estimate of drug-likeness (QED) is 0.390. The van der Waals surface area contributed by atoms with E-state index in [2.05, 4.69) is 0 Å². The minimum absolute atomic E-state index is 0.0903. The zero-order valence-electron chi connectivity index (χ0n) is 13.7. The molecule has 0 aromatic heterocycles. The fourth-order valence-electron chi connectivity index (χ4n) is 2.56. The number of rotatable bonds is 5. The third-order valence-electron chi connectivity index (χ3n) is 3.80. The van der Waals surface area contributed by atoms with E-state index in [1.54, 1.807) is 0 Å². The van der Waals surface area contributed by atoms with Crippen molar-refractivity contribution in [1.82, 2.24) is 0 Å². The summed E-state index contributed by atoms with van der Waals surface area (Å²) in [5, 5.41) is 10.9. The lowest BCUT2D eigenvalue weighted by Crippen LogP contribution is -2.41. The van der Waals surface area contributed by atoms with Crippen molar-refractivity contribution in [3.8, 4) is 11.5 Å². The van der Waals surface area contributed by atoms with Crippen LogP contribution in [0.15, 0.2) is 42.5 Å². The van der Waals surface area contributed by atoms with Crippen LogP contribution in [0.2, 0.25) is 5.02 Å². The standard InChI is InChI=1S/C17H13ClF3NO5/c18-12-10-11(17(19,20)21)6-7-14(12)26-16(8-3-9-25-16)27-15-5-2-1-4-13(15)22(23)24/h1-2,4-7,10H,3,8-9H2. The molecule has 6 nitrogen and oxygen atoms in total. The van der Waals surface area contributed by atoms with Crippen LogP contribution in [0, 0.1) is 10.1 Å². The normalized spacial score (nSPS) is 19.7. The minimum atomic E-state index is -4.55. The average Bonchev–Trinajstić information content (AvgIpc) is 3.04. The molecule has 0 N–H and O–H groups in total. The van der Waals surface area contributed by atoms with Gasteiger partial charge in [-0.25, -0.2) is 0 Å². The molecule has 3 rings (SSSR count). The highest BCUT2D eigenvalue weighted by atomic mass is 35.5. The number of halogens is 4. The summed E-state index contributed by atoms with van der Waals surface area (Å²) in [5.41, 5.74) is -1.23. The summed E-state index contributed by atoms with van der Waals surface area (Å²) < 4.78 is 55.1. The molecule has 144 valence electrons. The fourth-order valence-corrected chi connectivity index (χ4v) is 2.78. The second-order valence-electron chi connectivity index (χ2n) is 5.71. The predicted molar refractivity (Wildman–Crippen MR) is 88.7 cm³/mol. The van der Waals surface area contributed by atoms with Gasteiger partial charge in [-0.3, -0.25) is 10.1 Å². The first kappa shape index (κ1) is 19.2. The number of alkyl halides is 3. The molecule has 0 bridgehead atoms. The summed E-state index contributed by atoms with van der Waals surface area (Å²) in [6.07, 6.45) is -3.82. The highest BCUT2D eigenvalue weighted by molar-refractivity contribution is 6.32. The lowest BCUT2D eigenvalue weighted by molar-refractivity contribution is -0.388. The van der Waals surface area contributed by atoms with Gasteiger partial charge < -0.3 is 14.2 Å². The van der Waals surface area contributed by atoms with Crippen LogP contribution >= 0.6 is 11.6 Å². The fraction of sp³-hybridized carbons (Fsp3) is 0.294. The lowest BCUT2D eigenvalue weighted by Gasteiger charge is -2.29. The molecule has 0 aliphatic carbocycles. The molecule has 1 unspecified atom stereocenters. The van der Waals surface area contributed by atoms with Crippen molar-refractivity contribution in [1.29, 1.82) is 0 Å². The SMILES string of the molecule is O=[N+]([O-])c1ccccc1OC1(Oc2ccc(C(F)(F)F)cc2Cl)CCCO1. The molecule has 1 fully saturated rings. The topological polar surface area (TPSA) is 70.8 Å². The van der Waals surface area contributed by atoms with Gasteiger partial charge in [-0.2, -0.15) is 13.2 Å². The van der Waals surface area contributed by atoms with Crippen LogP contribution in [0.5, 0.6) is 11.5 Å². The highest BCUT2D eigenvalue weighted by Crippen LogP contribution is 2.40. The Morgan fingerprint density at radius 1 is 1.15 bits per heavy atom. The Labute approximate surface area is 156 Å². The molecule has 0 saturated carbocycles. The van der Waals surface area contributed by atoms with E-state index in [1.807, 2.05) is 0 Å². The van der Waals surface area contributed by atoms with E-state index in [4.69, 9.17) is 25.8 Å². The maximum atomic E-state index is 12.8. The average molecular weight is 404 g/mol. The number of benzene rings is 2. The maximum absolute atomic E-state index is 12.8. The van der Waals surface area contributed by atoms with Gasteiger partial charge in [0.1, 0.15) is 5.75 Å². The number of nitro groups is 1. The van der Waals surface area contributed by atoms with E-state index in [0.29, 0.717) is 6.42 Å². The Hall–Kier alpha value is -2.52. The van der Waals surface area contributed by atoms with Crippen LogP contribution in [0.3, 0.4) is 0 Å². The molecule has 0 spiro atoms. The van der Waals surface area contributed by atoms with Crippen molar-refractivity contribution < 1.29 is 32.3 Å². The molecule has 1 heterocycles. The Morgan fingerprint density at radius 3 is 2.44 bits per heavy atom. The van der Waals surface area contributed by atoms with Gasteiger partial charge in [-0.1, -0.05) is 23.7 Å². The van der Waals surface area contributed by atoms with Crippen molar-refractivity contribution in [2.45, 2.75) is 25.0 Å². The molecule has 2 aromatic carbocycles. The van der Waals surface area contributed by atoms with Gasteiger partial charge in [-0.15, -0.1) is 0 Å². The van der Waals surface area contributed by atoms with Crippen molar-refractivity contribution in [2.24, 2.45) is 0 Å². The van der Waals surface area contributed by atoms with E-state index in [9.17, 15) is 23.3 Å². The zero-order chi connectivity index (χ0) is 19.7. The highest BCUT2D eigenvalue weighted by Gasteiger charge is 2.43. The van der Waals surface area contributed by atoms with E-state index in [0.717, 1.165) is 18.2 Å². The number of nitro benzene ring substituents is 1. The van der Waals surface area contributed by atoms with Crippen LogP contribution in [0.4, 0.5) is 18.9 Å². The van der Waals surface area contributed by atoms with Gasteiger partial charge in [0.15, 0.2) is 0 Å². The molecule has 1 saturated heterocycles. The van der Waals surface area contributed by atoms with Crippen molar-refractivity contribution >= 4 is 17.3 Å². The zero-order valence-corrected chi connectivity index (χ0v) is 14.4. The Morgan fingerprint density at radius 2 is 1.85 bits per heavy atom. The second kappa shape index (κ2) is 7.24. The summed E-state index contributed by atoms with van der Waals surface area (Å²) in [5.74, 6) is -1.91. The van der Waals surface area contributed by atoms with Crippen molar-refractivity contribution in [2.75, 3.05) is 6.61 Å². The van der Waals surface area contributed by atoms with Crippen molar-refractivity contribution in [3.63, 3.8) is 0 Å². The molecular formula is C17H13ClF3NO5. The van der Waals surface area contributed by atoms with Crippen LogP contribution in [0.25, 0.3) is 0 Å². The molecule has 1 atom stereocenters. The summed E-state index contributed by atoms with van der Waals surface area (Å²) in [6, 6.07) is 8.23. The van der Waals surface area contributed by atoms with E-state index in [-0.39, 0.29) is 35.2 Å². The van der Waals surface area contributed by atoms with Crippen LogP contribution in [0.1, 0.15) is 18.4 Å². The molecule has 0 radical (unpaired) electrons. The molecule has 1 aliphatic heterocycles. The van der Waals surface area contributed by atoms with Crippen LogP contribution < -0.4 is 9.47 Å². The molecule has 10 heteroatoms. The van der Waals surface area contributed by atoms with Gasteiger partial charge in [0.25, 0.3) is 0 Å². The maximum Gasteiger partial charge on any atom is 0.416 e. The monoisotopic (exact) mass is 403 g/mol. The summed E-state index contributed by atoms with van der Waals surface area (Å²) >= 11 is 5.92. The van der Waals surface area contributed by atoms with E-state index < -0.39 is 22.6 Å². The lowest BCUT2D eigenvalue weighted by atomic mass is 10.2. The summed E-state index contributed by atoms with van der Waals surface area (Å²) in [4.78, 5) is 10.5. The van der Waals surface area contributed by atoms with Gasteiger partial charge in [-0.05, 0) is 30.7 Å². The smallest absolute Gasteiger partial charge is 0.416 e. The largest absolute Gasteiger partial charge is 0.428 e. The number of ether oxygens (including phenoxy) is 3. The second-order valence-corrected chi connectivity index (χ2v) is 6.11. The van der Waals surface area contributed by atoms with Gasteiger partial charge >= 0.3 is 17.8 Å². The molecule has 2 aromatic rings. The first-order valence-electron chi connectivity index (χ1n) is 7.82. The van der Waals surface area contributed by atoms with Gasteiger partial charge in [0.05, 0.1) is 28.5 Å². The van der Waals surface area contributed by atoms with Crippen LogP contribution in [-0.4, -0.2) is 17.5 Å². The van der Waals surface area contributed by atoms with Crippen molar-refractivity contribution in [3.05, 3.63) is 63.2 Å². The van der Waals surface area contributed by atoms with Gasteiger partial charge in [0.2, 0.25) is 5.75 Å². The summed E-state index contributed by atoms with van der Waals surface area (Å²) in [6.45, 7) is 0.249. The Bertz CT molecular complexity index is 853. The van der Waals surface area contributed by atoms with E-state index in [1.165, 1.54) is 24.3 Å². The van der Waals surface area contributed by atoms with E-state index >= 15 is 0 Å². The molecule has 0 amide bonds. The number of nitrogens with zero attached hydrogens (tertiary/aromatic N) is 1. The first-order valence-corrected chi connectivity index (χ1v) is 8.20. The Kier molecular flexibility index (Phi) is 5.16. The third-order valence-corrected chi connectivity index (χ3v) is 4.10. The predicted octanol–water partition coefficient (Wildman–Crippen LogP) is 5.19. The molecule has 27 heavy (non-hydrogen) atoms. The number of hydrogen-bond acceptors (Lipinski definition) is 5. The third kappa shape index (κ3) is 4.25. The van der Waals surface area contributed by atoms with Gasteiger partial charge in [0, 0.05) is 6.07 Å². The molecular weight excluding hydrogens is 391 g/mol. The number of hydrogen-bond donors (Lipinski definition) is 0. The molecule has 1 aliphatic rings.